The Hall–Kier alpha value is -3.44. The summed E-state index contributed by atoms with van der Waals surface area (Å²) < 4.78 is 10.8. The molecule has 0 aromatic heterocycles. The fourth-order valence-corrected chi connectivity index (χ4v) is 9.92. The highest BCUT2D eigenvalue weighted by Crippen LogP contribution is 2.17. The first-order valence-corrected chi connectivity index (χ1v) is 34.4. The SMILES string of the molecule is CC/C=C\C/C=C\C/C=C\C/C=C\C/C=C\C/C=C\C/C=C\CCCCCCCCCCCCCCCCCCCC(=O)OC(CO)COC(=O)CCCCCCCCCCCCCCCCC/C=C\C/C=C\CCCCCCC. The van der Waals surface area contributed by atoms with Gasteiger partial charge in [0.2, 0.25) is 0 Å². The van der Waals surface area contributed by atoms with Crippen LogP contribution < -0.4 is 0 Å². The predicted molar refractivity (Wildman–Crippen MR) is 352 cm³/mol. The molecule has 0 fully saturated rings. The summed E-state index contributed by atoms with van der Waals surface area (Å²) in [6, 6.07) is 0. The van der Waals surface area contributed by atoms with Crippen molar-refractivity contribution in [3.8, 4) is 0 Å². The molecule has 0 radical (unpaired) electrons. The molecule has 0 aliphatic carbocycles. The number of carbonyl (C=O) groups excluding carboxylic acids is 2. The lowest BCUT2D eigenvalue weighted by Gasteiger charge is -2.15. The second-order valence-corrected chi connectivity index (χ2v) is 22.9. The minimum Gasteiger partial charge on any atom is -0.462 e. The summed E-state index contributed by atoms with van der Waals surface area (Å²) in [5.74, 6) is -0.579. The summed E-state index contributed by atoms with van der Waals surface area (Å²) in [6.07, 6.45) is 101. The number of aliphatic hydroxyl groups is 1. The quantitative estimate of drug-likeness (QED) is 0.0373. The molecule has 5 heteroatoms. The molecule has 5 nitrogen and oxygen atoms in total. The normalized spacial score (nSPS) is 12.9. The molecule has 0 amide bonds. The second kappa shape index (κ2) is 69.8. The summed E-state index contributed by atoms with van der Waals surface area (Å²) >= 11 is 0. The third-order valence-electron chi connectivity index (χ3n) is 15.1. The largest absolute Gasteiger partial charge is 0.462 e. The number of ether oxygens (including phenoxy) is 2. The molecule has 0 saturated heterocycles. The van der Waals surface area contributed by atoms with Gasteiger partial charge < -0.3 is 14.6 Å². The fraction of sp³-hybridized carbons (Fsp3) is 0.733. The molecule has 460 valence electrons. The number of aliphatic hydroxyl groups excluding tert-OH is 1. The fourth-order valence-electron chi connectivity index (χ4n) is 9.92. The van der Waals surface area contributed by atoms with Crippen LogP contribution in [0.15, 0.2) is 109 Å². The lowest BCUT2D eigenvalue weighted by molar-refractivity contribution is -0.161. The van der Waals surface area contributed by atoms with Crippen molar-refractivity contribution in [3.63, 3.8) is 0 Å². The van der Waals surface area contributed by atoms with Crippen LogP contribution in [0.4, 0.5) is 0 Å². The topological polar surface area (TPSA) is 72.8 Å². The Morgan fingerprint density at radius 3 is 0.812 bits per heavy atom. The van der Waals surface area contributed by atoms with Crippen molar-refractivity contribution < 1.29 is 24.2 Å². The van der Waals surface area contributed by atoms with Crippen LogP contribution in [0.1, 0.15) is 335 Å². The number of unbranched alkanes of at least 4 members (excludes halogenated alkanes) is 37. The molecule has 80 heavy (non-hydrogen) atoms. The van der Waals surface area contributed by atoms with E-state index >= 15 is 0 Å². The third-order valence-corrected chi connectivity index (χ3v) is 15.1. The maximum absolute atomic E-state index is 12.4. The van der Waals surface area contributed by atoms with Crippen molar-refractivity contribution in [1.82, 2.24) is 0 Å². The van der Waals surface area contributed by atoms with Crippen molar-refractivity contribution in [2.75, 3.05) is 13.2 Å². The number of rotatable bonds is 63. The smallest absolute Gasteiger partial charge is 0.306 e. The molecule has 0 heterocycles. The molecular formula is C75H130O5. The summed E-state index contributed by atoms with van der Waals surface area (Å²) in [4.78, 5) is 24.6. The van der Waals surface area contributed by atoms with Crippen LogP contribution in [-0.4, -0.2) is 36.4 Å². The van der Waals surface area contributed by atoms with Crippen molar-refractivity contribution in [2.45, 2.75) is 341 Å². The van der Waals surface area contributed by atoms with E-state index in [1.807, 2.05) is 0 Å². The molecule has 0 aromatic carbocycles. The molecule has 0 rings (SSSR count). The Labute approximate surface area is 497 Å². The molecule has 0 bridgehead atoms. The van der Waals surface area contributed by atoms with Crippen LogP contribution >= 0.6 is 0 Å². The number of carbonyl (C=O) groups is 2. The van der Waals surface area contributed by atoms with Gasteiger partial charge in [0.1, 0.15) is 6.61 Å². The van der Waals surface area contributed by atoms with Crippen molar-refractivity contribution in [1.29, 1.82) is 0 Å². The second-order valence-electron chi connectivity index (χ2n) is 22.9. The molecule has 0 saturated carbocycles. The maximum atomic E-state index is 12.4. The van der Waals surface area contributed by atoms with E-state index in [1.54, 1.807) is 0 Å². The minimum atomic E-state index is -0.777. The van der Waals surface area contributed by atoms with Gasteiger partial charge in [0.15, 0.2) is 6.10 Å². The lowest BCUT2D eigenvalue weighted by atomic mass is 10.0. The monoisotopic (exact) mass is 1110 g/mol. The van der Waals surface area contributed by atoms with Crippen LogP contribution in [0.25, 0.3) is 0 Å². The van der Waals surface area contributed by atoms with E-state index < -0.39 is 6.10 Å². The summed E-state index contributed by atoms with van der Waals surface area (Å²) in [7, 11) is 0. The van der Waals surface area contributed by atoms with E-state index in [1.165, 1.54) is 218 Å². The standard InChI is InChI=1S/C75H130O5/c1-3-5-7-9-11-13-15-17-19-21-23-25-27-29-31-32-33-34-35-36-37-38-39-40-41-42-44-46-48-50-52-54-56-58-60-62-64-66-68-70-75(78)80-73(71-76)72-79-74(77)69-67-65-63-61-59-57-55-53-51-49-47-45-43-30-28-26-24-22-20-18-16-14-12-10-8-6-4-2/h5,7,11,13,16-19,22-25,29,31,33-34,36-37,73,76H,3-4,6,8-10,12,14-15,20-21,26-28,30,32,35,38-72H2,1-2H3/b7-5-,13-11-,18-16-,19-17-,24-22-,25-23-,31-29-,34-33-,37-36-. The average molecular weight is 1110 g/mol. The summed E-state index contributed by atoms with van der Waals surface area (Å²) in [6.45, 7) is 4.05. The lowest BCUT2D eigenvalue weighted by Crippen LogP contribution is -2.28. The Kier molecular flexibility index (Phi) is 66.8. The average Bonchev–Trinajstić information content (AvgIpc) is 3.46. The first-order chi connectivity index (χ1) is 39.6. The van der Waals surface area contributed by atoms with Crippen LogP contribution in [0.2, 0.25) is 0 Å². The highest BCUT2D eigenvalue weighted by Gasteiger charge is 2.16. The van der Waals surface area contributed by atoms with E-state index in [-0.39, 0.29) is 25.2 Å². The molecule has 0 aliphatic rings. The van der Waals surface area contributed by atoms with E-state index in [4.69, 9.17) is 9.47 Å². The van der Waals surface area contributed by atoms with Gasteiger partial charge in [-0.2, -0.15) is 0 Å². The van der Waals surface area contributed by atoms with E-state index in [0.29, 0.717) is 12.8 Å². The Bertz CT molecular complexity index is 1540. The van der Waals surface area contributed by atoms with Crippen LogP contribution in [0.3, 0.4) is 0 Å². The van der Waals surface area contributed by atoms with Crippen LogP contribution in [-0.2, 0) is 19.1 Å². The third kappa shape index (κ3) is 67.1. The van der Waals surface area contributed by atoms with Gasteiger partial charge in [-0.3, -0.25) is 9.59 Å². The maximum Gasteiger partial charge on any atom is 0.306 e. The summed E-state index contributed by atoms with van der Waals surface area (Å²) in [5, 5.41) is 9.70. The number of esters is 2. The van der Waals surface area contributed by atoms with Gasteiger partial charge in [-0.05, 0) is 103 Å². The Morgan fingerprint density at radius 1 is 0.300 bits per heavy atom. The van der Waals surface area contributed by atoms with Gasteiger partial charge in [0, 0.05) is 12.8 Å². The highest BCUT2D eigenvalue weighted by molar-refractivity contribution is 5.70. The van der Waals surface area contributed by atoms with Crippen molar-refractivity contribution >= 4 is 11.9 Å². The molecule has 0 spiro atoms. The van der Waals surface area contributed by atoms with Crippen LogP contribution in [0.5, 0.6) is 0 Å². The van der Waals surface area contributed by atoms with Gasteiger partial charge in [0.25, 0.3) is 0 Å². The Balaban J connectivity index is 3.46. The van der Waals surface area contributed by atoms with Crippen molar-refractivity contribution in [2.24, 2.45) is 0 Å². The van der Waals surface area contributed by atoms with Crippen LogP contribution in [0, 0.1) is 0 Å². The van der Waals surface area contributed by atoms with Gasteiger partial charge >= 0.3 is 11.9 Å². The number of allylic oxidation sites excluding steroid dienone is 18. The van der Waals surface area contributed by atoms with E-state index in [0.717, 1.165) is 89.9 Å². The van der Waals surface area contributed by atoms with E-state index in [9.17, 15) is 14.7 Å². The molecular weight excluding hydrogens is 981 g/mol. The molecule has 0 aromatic rings. The predicted octanol–water partition coefficient (Wildman–Crippen LogP) is 24.0. The molecule has 0 aliphatic heterocycles. The van der Waals surface area contributed by atoms with Gasteiger partial charge in [0.05, 0.1) is 6.61 Å². The first kappa shape index (κ1) is 76.6. The zero-order chi connectivity index (χ0) is 57.6. The first-order valence-electron chi connectivity index (χ1n) is 34.4. The zero-order valence-corrected chi connectivity index (χ0v) is 52.8. The highest BCUT2D eigenvalue weighted by atomic mass is 16.6. The molecule has 1 atom stereocenters. The van der Waals surface area contributed by atoms with Gasteiger partial charge in [-0.25, -0.2) is 0 Å². The van der Waals surface area contributed by atoms with Gasteiger partial charge in [-0.1, -0.05) is 329 Å². The Morgan fingerprint density at radius 2 is 0.537 bits per heavy atom. The minimum absolute atomic E-state index is 0.0660. The molecule has 1 unspecified atom stereocenters. The molecule has 1 N–H and O–H groups in total. The summed E-state index contributed by atoms with van der Waals surface area (Å²) in [5.41, 5.74) is 0. The van der Waals surface area contributed by atoms with E-state index in [2.05, 4.69) is 123 Å². The number of hydrogen-bond acceptors (Lipinski definition) is 5. The number of hydrogen-bond donors (Lipinski definition) is 1. The van der Waals surface area contributed by atoms with Gasteiger partial charge in [-0.15, -0.1) is 0 Å². The van der Waals surface area contributed by atoms with Crippen molar-refractivity contribution in [3.05, 3.63) is 109 Å². The zero-order valence-electron chi connectivity index (χ0n) is 52.8.